The van der Waals surface area contributed by atoms with E-state index in [1.165, 1.54) is 0 Å². The van der Waals surface area contributed by atoms with E-state index >= 15 is 0 Å². The fraction of sp³-hybridized carbons (Fsp3) is 0.400. The van der Waals surface area contributed by atoms with Gasteiger partial charge < -0.3 is 20.5 Å². The molecule has 0 saturated heterocycles. The van der Waals surface area contributed by atoms with Crippen LogP contribution in [0.1, 0.15) is 52.0 Å². The van der Waals surface area contributed by atoms with E-state index in [0.717, 1.165) is 12.8 Å². The van der Waals surface area contributed by atoms with Crippen LogP contribution in [0.5, 0.6) is 0 Å². The van der Waals surface area contributed by atoms with Crippen LogP contribution in [0.4, 0.5) is 0 Å². The summed E-state index contributed by atoms with van der Waals surface area (Å²) in [6.07, 6.45) is 6.18. The Morgan fingerprint density at radius 1 is 1.00 bits per heavy atom. The molecule has 1 fully saturated rings. The number of carbonyl (C=O) groups is 2. The van der Waals surface area contributed by atoms with Gasteiger partial charge in [-0.1, -0.05) is 12.1 Å². The number of carbonyl (C=O) groups excluding carboxylic acids is 2. The molecule has 0 atom stereocenters. The van der Waals surface area contributed by atoms with Crippen molar-refractivity contribution in [2.45, 2.75) is 31.7 Å². The quantitative estimate of drug-likeness (QED) is 0.594. The zero-order chi connectivity index (χ0) is 18.6. The molecular formula is C20H24N2O4. The van der Waals surface area contributed by atoms with Gasteiger partial charge in [0, 0.05) is 40.5 Å². The normalized spacial score (nSPS) is 17.0. The van der Waals surface area contributed by atoms with Crippen LogP contribution in [0.25, 0.3) is 0 Å². The lowest BCUT2D eigenvalue weighted by atomic mass is 9.73. The summed E-state index contributed by atoms with van der Waals surface area (Å²) in [5.41, 5.74) is 1.22. The molecule has 1 aromatic heterocycles. The Balaban J connectivity index is 1.58. The molecule has 1 aliphatic carbocycles. The molecule has 3 rings (SSSR count). The highest BCUT2D eigenvalue weighted by molar-refractivity contribution is 6.09. The molecule has 1 heterocycles. The minimum atomic E-state index is -0.415. The van der Waals surface area contributed by atoms with Crippen molar-refractivity contribution in [2.24, 2.45) is 5.41 Å². The van der Waals surface area contributed by atoms with E-state index in [-0.39, 0.29) is 30.9 Å². The average Bonchev–Trinajstić information content (AvgIpc) is 3.23. The molecule has 2 aromatic rings. The molecule has 0 spiro atoms. The van der Waals surface area contributed by atoms with Gasteiger partial charge in [0.2, 0.25) is 0 Å². The minimum Gasteiger partial charge on any atom is -0.396 e. The summed E-state index contributed by atoms with van der Waals surface area (Å²) in [4.78, 5) is 27.5. The largest absolute Gasteiger partial charge is 0.396 e. The highest BCUT2D eigenvalue weighted by atomic mass is 16.3. The molecule has 6 nitrogen and oxygen atoms in total. The highest BCUT2D eigenvalue weighted by Crippen LogP contribution is 2.35. The Morgan fingerprint density at radius 3 is 2.15 bits per heavy atom. The topological polar surface area (TPSA) is 102 Å². The van der Waals surface area contributed by atoms with Gasteiger partial charge in [-0.25, -0.2) is 0 Å². The van der Waals surface area contributed by atoms with Crippen LogP contribution in [0.2, 0.25) is 0 Å². The van der Waals surface area contributed by atoms with Crippen LogP contribution < -0.4 is 5.32 Å². The first-order valence-corrected chi connectivity index (χ1v) is 8.87. The molecule has 138 valence electrons. The SMILES string of the molecule is O=C(NC1CCC(CO)(CO)CC1)c1ccc(C(=O)c2cc[nH]c2)cc1. The van der Waals surface area contributed by atoms with Gasteiger partial charge >= 0.3 is 0 Å². The molecule has 0 aliphatic heterocycles. The lowest BCUT2D eigenvalue weighted by molar-refractivity contribution is 0.0164. The number of nitrogens with one attached hydrogen (secondary N) is 2. The lowest BCUT2D eigenvalue weighted by Crippen LogP contribution is -2.43. The van der Waals surface area contributed by atoms with Gasteiger partial charge in [-0.2, -0.15) is 0 Å². The number of ketones is 1. The average molecular weight is 356 g/mol. The zero-order valence-electron chi connectivity index (χ0n) is 14.6. The van der Waals surface area contributed by atoms with Gasteiger partial charge in [0.15, 0.2) is 5.78 Å². The van der Waals surface area contributed by atoms with E-state index in [9.17, 15) is 19.8 Å². The first kappa shape index (κ1) is 18.4. The summed E-state index contributed by atoms with van der Waals surface area (Å²) in [7, 11) is 0. The molecule has 1 amide bonds. The second kappa shape index (κ2) is 7.85. The van der Waals surface area contributed by atoms with Crippen LogP contribution in [0, 0.1) is 5.41 Å². The van der Waals surface area contributed by atoms with Crippen molar-refractivity contribution < 1.29 is 19.8 Å². The van der Waals surface area contributed by atoms with E-state index in [1.54, 1.807) is 42.7 Å². The monoisotopic (exact) mass is 356 g/mol. The molecule has 0 bridgehead atoms. The second-order valence-corrected chi connectivity index (χ2v) is 7.07. The molecule has 0 unspecified atom stereocenters. The molecule has 1 aromatic carbocycles. The van der Waals surface area contributed by atoms with Crippen LogP contribution >= 0.6 is 0 Å². The van der Waals surface area contributed by atoms with Gasteiger partial charge in [0.1, 0.15) is 0 Å². The second-order valence-electron chi connectivity index (χ2n) is 7.07. The molecule has 26 heavy (non-hydrogen) atoms. The number of benzene rings is 1. The molecule has 0 radical (unpaired) electrons. The summed E-state index contributed by atoms with van der Waals surface area (Å²) in [5, 5.41) is 21.9. The Labute approximate surface area is 152 Å². The van der Waals surface area contributed by atoms with Crippen molar-refractivity contribution in [1.82, 2.24) is 10.3 Å². The number of aliphatic hydroxyl groups is 2. The van der Waals surface area contributed by atoms with Crippen LogP contribution in [-0.2, 0) is 0 Å². The van der Waals surface area contributed by atoms with Crippen LogP contribution in [0.3, 0.4) is 0 Å². The Bertz CT molecular complexity index is 739. The summed E-state index contributed by atoms with van der Waals surface area (Å²) in [6, 6.07) is 8.38. The van der Waals surface area contributed by atoms with E-state index < -0.39 is 5.41 Å². The number of hydrogen-bond acceptors (Lipinski definition) is 4. The fourth-order valence-electron chi connectivity index (χ4n) is 3.41. The van der Waals surface area contributed by atoms with E-state index in [0.29, 0.717) is 29.5 Å². The third kappa shape index (κ3) is 3.86. The summed E-state index contributed by atoms with van der Waals surface area (Å²) in [6.45, 7) is -0.0540. The highest BCUT2D eigenvalue weighted by Gasteiger charge is 2.34. The maximum atomic E-state index is 12.4. The Morgan fingerprint density at radius 2 is 1.62 bits per heavy atom. The first-order chi connectivity index (χ1) is 12.6. The van der Waals surface area contributed by atoms with E-state index in [4.69, 9.17) is 0 Å². The maximum absolute atomic E-state index is 12.4. The lowest BCUT2D eigenvalue weighted by Gasteiger charge is -2.37. The maximum Gasteiger partial charge on any atom is 0.251 e. The molecule has 1 aliphatic rings. The third-order valence-corrected chi connectivity index (χ3v) is 5.32. The Kier molecular flexibility index (Phi) is 5.54. The van der Waals surface area contributed by atoms with Crippen molar-refractivity contribution in [3.05, 3.63) is 59.4 Å². The minimum absolute atomic E-state index is 0.0270. The van der Waals surface area contributed by atoms with Gasteiger partial charge in [0.05, 0.1) is 13.2 Å². The first-order valence-electron chi connectivity index (χ1n) is 8.87. The number of H-pyrrole nitrogens is 1. The number of aliphatic hydroxyl groups excluding tert-OH is 2. The molecule has 4 N–H and O–H groups in total. The predicted molar refractivity (Wildman–Crippen MR) is 97.0 cm³/mol. The van der Waals surface area contributed by atoms with Gasteiger partial charge in [-0.05, 0) is 43.9 Å². The fourth-order valence-corrected chi connectivity index (χ4v) is 3.41. The number of aromatic amines is 1. The standard InChI is InChI=1S/C20H24N2O4/c23-12-20(13-24)8-5-17(6-9-20)22-19(26)15-3-1-14(2-4-15)18(25)16-7-10-21-11-16/h1-4,7,10-11,17,21,23-24H,5-6,8-9,12-13H2,(H,22,26). The molecular weight excluding hydrogens is 332 g/mol. The summed E-state index contributed by atoms with van der Waals surface area (Å²) in [5.74, 6) is -0.258. The van der Waals surface area contributed by atoms with Crippen LogP contribution in [-0.4, -0.2) is 46.1 Å². The summed E-state index contributed by atoms with van der Waals surface area (Å²) >= 11 is 0. The van der Waals surface area contributed by atoms with E-state index in [1.807, 2.05) is 0 Å². The van der Waals surface area contributed by atoms with Gasteiger partial charge in [-0.15, -0.1) is 0 Å². The predicted octanol–water partition coefficient (Wildman–Crippen LogP) is 1.89. The van der Waals surface area contributed by atoms with Crippen molar-refractivity contribution in [3.63, 3.8) is 0 Å². The third-order valence-electron chi connectivity index (χ3n) is 5.32. The van der Waals surface area contributed by atoms with Crippen molar-refractivity contribution in [2.75, 3.05) is 13.2 Å². The summed E-state index contributed by atoms with van der Waals surface area (Å²) < 4.78 is 0. The van der Waals surface area contributed by atoms with Crippen molar-refractivity contribution in [3.8, 4) is 0 Å². The number of amides is 1. The van der Waals surface area contributed by atoms with Crippen molar-refractivity contribution >= 4 is 11.7 Å². The Hall–Kier alpha value is -2.44. The number of rotatable bonds is 6. The zero-order valence-corrected chi connectivity index (χ0v) is 14.6. The van der Waals surface area contributed by atoms with E-state index in [2.05, 4.69) is 10.3 Å². The number of hydrogen-bond donors (Lipinski definition) is 4. The molecule has 1 saturated carbocycles. The van der Waals surface area contributed by atoms with Gasteiger partial charge in [-0.3, -0.25) is 9.59 Å². The van der Waals surface area contributed by atoms with Crippen LogP contribution in [0.15, 0.2) is 42.7 Å². The van der Waals surface area contributed by atoms with Crippen molar-refractivity contribution in [1.29, 1.82) is 0 Å². The number of aromatic nitrogens is 1. The molecule has 6 heteroatoms. The smallest absolute Gasteiger partial charge is 0.251 e. The van der Waals surface area contributed by atoms with Gasteiger partial charge in [0.25, 0.3) is 5.91 Å².